The van der Waals surface area contributed by atoms with E-state index in [0.29, 0.717) is 12.0 Å². The molecule has 1 amide bonds. The van der Waals surface area contributed by atoms with Crippen LogP contribution in [0.25, 0.3) is 0 Å². The maximum atomic E-state index is 12.9. The number of likely N-dealkylation sites (N-methyl/N-ethyl adjacent to an activating group) is 1. The van der Waals surface area contributed by atoms with Crippen molar-refractivity contribution in [3.8, 4) is 0 Å². The maximum Gasteiger partial charge on any atom is 0.244 e. The molecule has 3 heteroatoms. The van der Waals surface area contributed by atoms with E-state index in [0.717, 1.165) is 18.7 Å². The summed E-state index contributed by atoms with van der Waals surface area (Å²) >= 11 is 0. The average Bonchev–Trinajstić information content (AvgIpc) is 2.92. The number of rotatable bonds is 3. The van der Waals surface area contributed by atoms with Gasteiger partial charge in [-0.3, -0.25) is 4.79 Å². The molecule has 2 aliphatic rings. The van der Waals surface area contributed by atoms with Gasteiger partial charge in [-0.15, -0.1) is 0 Å². The molecule has 1 aliphatic heterocycles. The summed E-state index contributed by atoms with van der Waals surface area (Å²) in [6, 6.07) is 8.83. The summed E-state index contributed by atoms with van der Waals surface area (Å²) in [6.45, 7) is 4.86. The van der Waals surface area contributed by atoms with Crippen LogP contribution in [-0.2, 0) is 4.79 Å². The number of carbonyl (C=O) groups is 1. The molecular formula is C18H26N2O. The van der Waals surface area contributed by atoms with Gasteiger partial charge in [0.15, 0.2) is 0 Å². The Bertz CT molecular complexity index is 500. The lowest BCUT2D eigenvalue weighted by molar-refractivity contribution is -0.120. The number of nitrogens with zero attached hydrogens (tertiary/aromatic N) is 1. The molecular weight excluding hydrogens is 260 g/mol. The lowest BCUT2D eigenvalue weighted by atomic mass is 9.85. The number of carbonyl (C=O) groups excluding carboxylic acids is 1. The second-order valence-corrected chi connectivity index (χ2v) is 6.53. The van der Waals surface area contributed by atoms with E-state index in [-0.39, 0.29) is 11.9 Å². The molecule has 0 bridgehead atoms. The minimum absolute atomic E-state index is 0.0126. The monoisotopic (exact) mass is 286 g/mol. The van der Waals surface area contributed by atoms with Crippen LogP contribution in [0.15, 0.2) is 24.3 Å². The van der Waals surface area contributed by atoms with Gasteiger partial charge in [0, 0.05) is 18.3 Å². The van der Waals surface area contributed by atoms with E-state index in [1.54, 1.807) is 0 Å². The van der Waals surface area contributed by atoms with E-state index in [9.17, 15) is 4.79 Å². The Hall–Kier alpha value is -1.35. The van der Waals surface area contributed by atoms with Gasteiger partial charge in [0.2, 0.25) is 5.91 Å². The molecule has 2 fully saturated rings. The molecule has 114 valence electrons. The smallest absolute Gasteiger partial charge is 0.244 e. The van der Waals surface area contributed by atoms with Crippen LogP contribution in [0.3, 0.4) is 0 Å². The minimum Gasteiger partial charge on any atom is -0.311 e. The number of anilines is 1. The van der Waals surface area contributed by atoms with Gasteiger partial charge >= 0.3 is 0 Å². The summed E-state index contributed by atoms with van der Waals surface area (Å²) in [5, 5.41) is 3.60. The van der Waals surface area contributed by atoms with Crippen molar-refractivity contribution in [3.05, 3.63) is 29.8 Å². The Morgan fingerprint density at radius 3 is 2.86 bits per heavy atom. The van der Waals surface area contributed by atoms with Crippen LogP contribution < -0.4 is 10.2 Å². The first-order chi connectivity index (χ1) is 10.2. The van der Waals surface area contributed by atoms with Crippen molar-refractivity contribution < 1.29 is 4.79 Å². The summed E-state index contributed by atoms with van der Waals surface area (Å²) in [6.07, 6.45) is 6.19. The standard InChI is InChI=1S/C18H26N2O/c1-3-20(15-9-6-7-13(2)11-15)18(21)17-12-14-8-4-5-10-16(14)19-17/h6-7,9,11,14,16-17,19H,3-5,8,10,12H2,1-2H3. The van der Waals surface area contributed by atoms with Crippen molar-refractivity contribution in [1.29, 1.82) is 0 Å². The van der Waals surface area contributed by atoms with Crippen LogP contribution in [0.5, 0.6) is 0 Å². The summed E-state index contributed by atoms with van der Waals surface area (Å²) < 4.78 is 0. The molecule has 1 aromatic carbocycles. The number of amides is 1. The Morgan fingerprint density at radius 2 is 2.14 bits per heavy atom. The van der Waals surface area contributed by atoms with Gasteiger partial charge < -0.3 is 10.2 Å². The third-order valence-electron chi connectivity index (χ3n) is 5.06. The van der Waals surface area contributed by atoms with Gasteiger partial charge in [0.05, 0.1) is 6.04 Å². The Labute approximate surface area is 127 Å². The van der Waals surface area contributed by atoms with E-state index in [1.807, 2.05) is 17.0 Å². The van der Waals surface area contributed by atoms with Gasteiger partial charge in [0.25, 0.3) is 0 Å². The molecule has 3 atom stereocenters. The van der Waals surface area contributed by atoms with E-state index in [1.165, 1.54) is 31.2 Å². The number of nitrogens with one attached hydrogen (secondary N) is 1. The summed E-state index contributed by atoms with van der Waals surface area (Å²) in [5.74, 6) is 0.960. The summed E-state index contributed by atoms with van der Waals surface area (Å²) in [7, 11) is 0. The van der Waals surface area contributed by atoms with Crippen molar-refractivity contribution in [2.45, 2.75) is 58.0 Å². The molecule has 0 spiro atoms. The highest BCUT2D eigenvalue weighted by atomic mass is 16.2. The molecule has 1 saturated heterocycles. The number of hydrogen-bond acceptors (Lipinski definition) is 2. The number of hydrogen-bond donors (Lipinski definition) is 1. The first kappa shape index (κ1) is 14.6. The van der Waals surface area contributed by atoms with Crippen LogP contribution in [0.4, 0.5) is 5.69 Å². The highest BCUT2D eigenvalue weighted by molar-refractivity contribution is 5.97. The Morgan fingerprint density at radius 1 is 1.33 bits per heavy atom. The van der Waals surface area contributed by atoms with Gasteiger partial charge in [-0.05, 0) is 56.7 Å². The molecule has 1 aliphatic carbocycles. The molecule has 3 unspecified atom stereocenters. The lowest BCUT2D eigenvalue weighted by Gasteiger charge is -2.25. The van der Waals surface area contributed by atoms with Crippen LogP contribution in [0, 0.1) is 12.8 Å². The Kier molecular flexibility index (Phi) is 4.29. The third kappa shape index (κ3) is 2.98. The third-order valence-corrected chi connectivity index (χ3v) is 5.06. The Balaban J connectivity index is 1.74. The SMILES string of the molecule is CCN(C(=O)C1CC2CCCCC2N1)c1cccc(C)c1. The highest BCUT2D eigenvalue weighted by Crippen LogP contribution is 2.34. The number of aryl methyl sites for hydroxylation is 1. The minimum atomic E-state index is 0.0126. The molecule has 3 rings (SSSR count). The molecule has 0 radical (unpaired) electrons. The molecule has 1 N–H and O–H groups in total. The lowest BCUT2D eigenvalue weighted by Crippen LogP contribution is -2.45. The van der Waals surface area contributed by atoms with Gasteiger partial charge in [-0.25, -0.2) is 0 Å². The fraction of sp³-hybridized carbons (Fsp3) is 0.611. The molecule has 1 heterocycles. The average molecular weight is 286 g/mol. The first-order valence-electron chi connectivity index (χ1n) is 8.33. The van der Waals surface area contributed by atoms with E-state index >= 15 is 0 Å². The van der Waals surface area contributed by atoms with Crippen LogP contribution in [-0.4, -0.2) is 24.5 Å². The predicted octanol–water partition coefficient (Wildman–Crippen LogP) is 3.27. The number of fused-ring (bicyclic) bond motifs is 1. The van der Waals surface area contributed by atoms with Gasteiger partial charge in [0.1, 0.15) is 0 Å². The van der Waals surface area contributed by atoms with Gasteiger partial charge in [-0.1, -0.05) is 25.0 Å². The quantitative estimate of drug-likeness (QED) is 0.925. The van der Waals surface area contributed by atoms with Crippen molar-refractivity contribution in [2.75, 3.05) is 11.4 Å². The maximum absolute atomic E-state index is 12.9. The second-order valence-electron chi connectivity index (χ2n) is 6.53. The topological polar surface area (TPSA) is 32.3 Å². The predicted molar refractivity (Wildman–Crippen MR) is 86.5 cm³/mol. The van der Waals surface area contributed by atoms with E-state index < -0.39 is 0 Å². The largest absolute Gasteiger partial charge is 0.311 e. The first-order valence-corrected chi connectivity index (χ1v) is 8.33. The van der Waals surface area contributed by atoms with Crippen molar-refractivity contribution in [2.24, 2.45) is 5.92 Å². The number of benzene rings is 1. The van der Waals surface area contributed by atoms with Crippen LogP contribution in [0.2, 0.25) is 0 Å². The van der Waals surface area contributed by atoms with Crippen molar-refractivity contribution in [1.82, 2.24) is 5.32 Å². The molecule has 0 aromatic heterocycles. The van der Waals surface area contributed by atoms with Crippen LogP contribution >= 0.6 is 0 Å². The molecule has 21 heavy (non-hydrogen) atoms. The zero-order valence-corrected chi connectivity index (χ0v) is 13.1. The van der Waals surface area contributed by atoms with E-state index in [4.69, 9.17) is 0 Å². The zero-order valence-electron chi connectivity index (χ0n) is 13.1. The fourth-order valence-electron chi connectivity index (χ4n) is 3.96. The summed E-state index contributed by atoms with van der Waals surface area (Å²) in [5.41, 5.74) is 2.23. The molecule has 1 saturated carbocycles. The summed E-state index contributed by atoms with van der Waals surface area (Å²) in [4.78, 5) is 14.8. The van der Waals surface area contributed by atoms with E-state index in [2.05, 4.69) is 31.3 Å². The van der Waals surface area contributed by atoms with Crippen LogP contribution in [0.1, 0.15) is 44.6 Å². The normalized spacial score (nSPS) is 28.2. The highest BCUT2D eigenvalue weighted by Gasteiger charge is 2.39. The zero-order chi connectivity index (χ0) is 14.8. The molecule has 1 aromatic rings. The van der Waals surface area contributed by atoms with Gasteiger partial charge in [-0.2, -0.15) is 0 Å². The van der Waals surface area contributed by atoms with Crippen molar-refractivity contribution >= 4 is 11.6 Å². The second kappa shape index (κ2) is 6.18. The fourth-order valence-corrected chi connectivity index (χ4v) is 3.96. The van der Waals surface area contributed by atoms with Crippen molar-refractivity contribution in [3.63, 3.8) is 0 Å². The molecule has 3 nitrogen and oxygen atoms in total.